The first kappa shape index (κ1) is 19.7. The highest BCUT2D eigenvalue weighted by Gasteiger charge is 2.26. The molecule has 0 bridgehead atoms. The summed E-state index contributed by atoms with van der Waals surface area (Å²) in [6.07, 6.45) is 5.81. The molecule has 1 atom stereocenters. The van der Waals surface area contributed by atoms with Gasteiger partial charge < -0.3 is 9.88 Å². The van der Waals surface area contributed by atoms with E-state index in [-0.39, 0.29) is 17.7 Å². The van der Waals surface area contributed by atoms with Gasteiger partial charge in [0.2, 0.25) is 15.9 Å². The Bertz CT molecular complexity index is 1010. The molecule has 4 rings (SSSR count). The molecule has 1 amide bonds. The Kier molecular flexibility index (Phi) is 5.73. The highest BCUT2D eigenvalue weighted by atomic mass is 32.2. The number of hydrogen-bond acceptors (Lipinski definition) is 4. The summed E-state index contributed by atoms with van der Waals surface area (Å²) >= 11 is 1.61. The van der Waals surface area contributed by atoms with Gasteiger partial charge in [0.1, 0.15) is 0 Å². The van der Waals surface area contributed by atoms with E-state index in [4.69, 9.17) is 0 Å². The monoisotopic (exact) mass is 429 g/mol. The standard InChI is InChI=1S/C21H23N3O3S2/c25-21(15-20(17-9-13-28-16-17)23-10-1-2-11-23)22-18-5-7-19(8-6-18)24-12-3-4-14-29(24,26)27/h1-2,5-11,13,16,20H,3-4,12,14-15H2,(H,22,25). The molecular formula is C21H23N3O3S2. The molecule has 3 heterocycles. The molecule has 1 aliphatic heterocycles. The van der Waals surface area contributed by atoms with Crippen LogP contribution in [0, 0.1) is 0 Å². The molecule has 6 nitrogen and oxygen atoms in total. The van der Waals surface area contributed by atoms with Crippen molar-refractivity contribution in [2.24, 2.45) is 0 Å². The number of aromatic nitrogens is 1. The minimum Gasteiger partial charge on any atom is -0.346 e. The van der Waals surface area contributed by atoms with Crippen molar-refractivity contribution in [3.63, 3.8) is 0 Å². The topological polar surface area (TPSA) is 71.4 Å². The lowest BCUT2D eigenvalue weighted by atomic mass is 10.1. The molecule has 1 N–H and O–H groups in total. The molecule has 1 aliphatic rings. The van der Waals surface area contributed by atoms with E-state index in [9.17, 15) is 13.2 Å². The molecule has 1 fully saturated rings. The van der Waals surface area contributed by atoms with E-state index in [1.807, 2.05) is 40.5 Å². The lowest BCUT2D eigenvalue weighted by molar-refractivity contribution is -0.116. The normalized spacial score (nSPS) is 17.0. The zero-order valence-corrected chi connectivity index (χ0v) is 17.5. The summed E-state index contributed by atoms with van der Waals surface area (Å²) in [7, 11) is -3.23. The third-order valence-corrected chi connectivity index (χ3v) is 7.65. The van der Waals surface area contributed by atoms with Gasteiger partial charge in [-0.05, 0) is 71.6 Å². The number of carbonyl (C=O) groups is 1. The first-order chi connectivity index (χ1) is 14.0. The van der Waals surface area contributed by atoms with Crippen molar-refractivity contribution in [3.8, 4) is 0 Å². The molecule has 29 heavy (non-hydrogen) atoms. The van der Waals surface area contributed by atoms with Crippen molar-refractivity contribution >= 4 is 38.6 Å². The number of sulfonamides is 1. The van der Waals surface area contributed by atoms with Gasteiger partial charge in [-0.25, -0.2) is 8.42 Å². The maximum Gasteiger partial charge on any atom is 0.235 e. The van der Waals surface area contributed by atoms with Crippen LogP contribution in [0.25, 0.3) is 0 Å². The summed E-state index contributed by atoms with van der Waals surface area (Å²) in [5.41, 5.74) is 2.41. The fraction of sp³-hybridized carbons (Fsp3) is 0.286. The van der Waals surface area contributed by atoms with Gasteiger partial charge >= 0.3 is 0 Å². The van der Waals surface area contributed by atoms with Crippen LogP contribution < -0.4 is 9.62 Å². The number of rotatable bonds is 6. The Morgan fingerprint density at radius 2 is 1.86 bits per heavy atom. The smallest absolute Gasteiger partial charge is 0.235 e. The first-order valence-electron chi connectivity index (χ1n) is 9.58. The number of benzene rings is 1. The average molecular weight is 430 g/mol. The van der Waals surface area contributed by atoms with E-state index >= 15 is 0 Å². The van der Waals surface area contributed by atoms with Crippen molar-refractivity contribution in [1.29, 1.82) is 0 Å². The molecule has 0 radical (unpaired) electrons. The molecule has 8 heteroatoms. The number of nitrogens with one attached hydrogen (secondary N) is 1. The third-order valence-electron chi connectivity index (χ3n) is 5.08. The average Bonchev–Trinajstić information content (AvgIpc) is 3.41. The molecule has 1 aromatic carbocycles. The quantitative estimate of drug-likeness (QED) is 0.641. The number of carbonyl (C=O) groups excluding carboxylic acids is 1. The molecule has 0 aliphatic carbocycles. The molecule has 1 unspecified atom stereocenters. The van der Waals surface area contributed by atoms with Gasteiger partial charge in [-0.3, -0.25) is 9.10 Å². The Morgan fingerprint density at radius 3 is 2.52 bits per heavy atom. The second-order valence-electron chi connectivity index (χ2n) is 7.10. The number of hydrogen-bond donors (Lipinski definition) is 1. The first-order valence-corrected chi connectivity index (χ1v) is 12.1. The Hall–Kier alpha value is -2.58. The van der Waals surface area contributed by atoms with Gasteiger partial charge in [-0.1, -0.05) is 0 Å². The van der Waals surface area contributed by atoms with Crippen molar-refractivity contribution < 1.29 is 13.2 Å². The van der Waals surface area contributed by atoms with E-state index in [1.165, 1.54) is 4.31 Å². The van der Waals surface area contributed by atoms with Crippen LogP contribution >= 0.6 is 11.3 Å². The van der Waals surface area contributed by atoms with E-state index in [0.29, 0.717) is 30.8 Å². The van der Waals surface area contributed by atoms with Gasteiger partial charge in [0.25, 0.3) is 0 Å². The fourth-order valence-corrected chi connectivity index (χ4v) is 5.94. The molecule has 1 saturated heterocycles. The van der Waals surface area contributed by atoms with Crippen molar-refractivity contribution in [1.82, 2.24) is 4.57 Å². The zero-order valence-electron chi connectivity index (χ0n) is 15.9. The SMILES string of the molecule is O=C(CC(c1ccsc1)n1cccc1)Nc1ccc(N2CCCCS2(=O)=O)cc1. The Morgan fingerprint density at radius 1 is 1.10 bits per heavy atom. The van der Waals surface area contributed by atoms with Crippen LogP contribution in [0.1, 0.15) is 30.9 Å². The van der Waals surface area contributed by atoms with Gasteiger partial charge in [-0.2, -0.15) is 11.3 Å². The number of anilines is 2. The van der Waals surface area contributed by atoms with Crippen LogP contribution in [0.15, 0.2) is 65.6 Å². The Labute approximate surface area is 174 Å². The molecule has 0 saturated carbocycles. The number of amides is 1. The summed E-state index contributed by atoms with van der Waals surface area (Å²) in [5, 5.41) is 7.00. The highest BCUT2D eigenvalue weighted by molar-refractivity contribution is 7.92. The van der Waals surface area contributed by atoms with Crippen LogP contribution in [0.3, 0.4) is 0 Å². The molecule has 152 valence electrons. The van der Waals surface area contributed by atoms with Crippen LogP contribution in [-0.4, -0.2) is 31.2 Å². The molecule has 3 aromatic rings. The summed E-state index contributed by atoms with van der Waals surface area (Å²) < 4.78 is 28.0. The largest absolute Gasteiger partial charge is 0.346 e. The second-order valence-corrected chi connectivity index (χ2v) is 9.89. The van der Waals surface area contributed by atoms with Gasteiger partial charge in [0.15, 0.2) is 0 Å². The zero-order chi connectivity index (χ0) is 20.3. The number of thiophene rings is 1. The Balaban J connectivity index is 1.44. The summed E-state index contributed by atoms with van der Waals surface area (Å²) in [6, 6.07) is 12.9. The maximum absolute atomic E-state index is 12.7. The van der Waals surface area contributed by atoms with Crippen LogP contribution in [-0.2, 0) is 14.8 Å². The van der Waals surface area contributed by atoms with Gasteiger partial charge in [0, 0.05) is 24.6 Å². The lowest BCUT2D eigenvalue weighted by Gasteiger charge is -2.28. The summed E-state index contributed by atoms with van der Waals surface area (Å²) in [4.78, 5) is 12.7. The molecule has 0 spiro atoms. The maximum atomic E-state index is 12.7. The van der Waals surface area contributed by atoms with E-state index in [2.05, 4.69) is 10.7 Å². The minimum atomic E-state index is -3.23. The number of nitrogens with zero attached hydrogens (tertiary/aromatic N) is 2. The van der Waals surface area contributed by atoms with Crippen molar-refractivity contribution in [2.75, 3.05) is 21.9 Å². The van der Waals surface area contributed by atoms with Crippen LogP contribution in [0.2, 0.25) is 0 Å². The highest BCUT2D eigenvalue weighted by Crippen LogP contribution is 2.27. The predicted molar refractivity (Wildman–Crippen MR) is 117 cm³/mol. The van der Waals surface area contributed by atoms with Crippen LogP contribution in [0.5, 0.6) is 0 Å². The second kappa shape index (κ2) is 8.42. The predicted octanol–water partition coefficient (Wildman–Crippen LogP) is 4.10. The van der Waals surface area contributed by atoms with Gasteiger partial charge in [-0.15, -0.1) is 0 Å². The summed E-state index contributed by atoms with van der Waals surface area (Å²) in [5.74, 6) is 0.0997. The summed E-state index contributed by atoms with van der Waals surface area (Å²) in [6.45, 7) is 0.507. The van der Waals surface area contributed by atoms with E-state index < -0.39 is 10.0 Å². The van der Waals surface area contributed by atoms with E-state index in [0.717, 1.165) is 12.0 Å². The third kappa shape index (κ3) is 4.54. The molecule has 2 aromatic heterocycles. The lowest BCUT2D eigenvalue weighted by Crippen LogP contribution is -2.37. The van der Waals surface area contributed by atoms with Crippen LogP contribution in [0.4, 0.5) is 11.4 Å². The van der Waals surface area contributed by atoms with Crippen molar-refractivity contribution in [3.05, 3.63) is 71.2 Å². The van der Waals surface area contributed by atoms with Gasteiger partial charge in [0.05, 0.1) is 23.9 Å². The van der Waals surface area contributed by atoms with Crippen molar-refractivity contribution in [2.45, 2.75) is 25.3 Å². The minimum absolute atomic E-state index is 0.0611. The molecular weight excluding hydrogens is 406 g/mol. The fourth-order valence-electron chi connectivity index (χ4n) is 3.59. The van der Waals surface area contributed by atoms with E-state index in [1.54, 1.807) is 35.6 Å².